The first-order valence-electron chi connectivity index (χ1n) is 5.48. The summed E-state index contributed by atoms with van der Waals surface area (Å²) in [5.41, 5.74) is 2.84. The van der Waals surface area contributed by atoms with E-state index < -0.39 is 0 Å². The Kier molecular flexibility index (Phi) is 1.95. The average molecular weight is 188 g/mol. The SMILES string of the molecule is c1ccc2c(c1)CC1CNCCC1N2. The summed E-state index contributed by atoms with van der Waals surface area (Å²) in [6.45, 7) is 2.34. The van der Waals surface area contributed by atoms with Crippen LogP contribution in [0.2, 0.25) is 0 Å². The molecule has 1 saturated heterocycles. The number of anilines is 1. The Morgan fingerprint density at radius 3 is 3.14 bits per heavy atom. The molecule has 0 bridgehead atoms. The lowest BCUT2D eigenvalue weighted by atomic mass is 9.84. The highest BCUT2D eigenvalue weighted by molar-refractivity contribution is 5.54. The van der Waals surface area contributed by atoms with Gasteiger partial charge in [-0.3, -0.25) is 0 Å². The van der Waals surface area contributed by atoms with Gasteiger partial charge < -0.3 is 10.6 Å². The van der Waals surface area contributed by atoms with E-state index >= 15 is 0 Å². The molecule has 1 aromatic rings. The molecule has 2 heterocycles. The molecule has 74 valence electrons. The molecule has 3 rings (SSSR count). The number of para-hydroxylation sites is 1. The molecule has 2 aliphatic heterocycles. The van der Waals surface area contributed by atoms with Crippen molar-refractivity contribution in [2.45, 2.75) is 18.9 Å². The zero-order valence-electron chi connectivity index (χ0n) is 8.29. The van der Waals surface area contributed by atoms with Gasteiger partial charge in [-0.05, 0) is 36.9 Å². The van der Waals surface area contributed by atoms with Crippen LogP contribution in [0, 0.1) is 5.92 Å². The maximum absolute atomic E-state index is 3.66. The van der Waals surface area contributed by atoms with Crippen LogP contribution in [0.5, 0.6) is 0 Å². The van der Waals surface area contributed by atoms with Gasteiger partial charge in [-0.25, -0.2) is 0 Å². The molecule has 0 aliphatic carbocycles. The topological polar surface area (TPSA) is 24.1 Å². The Labute approximate surface area is 84.7 Å². The summed E-state index contributed by atoms with van der Waals surface area (Å²) in [4.78, 5) is 0. The minimum Gasteiger partial charge on any atom is -0.382 e. The van der Waals surface area contributed by atoms with E-state index in [1.54, 1.807) is 0 Å². The summed E-state index contributed by atoms with van der Waals surface area (Å²) in [7, 11) is 0. The van der Waals surface area contributed by atoms with E-state index in [4.69, 9.17) is 0 Å². The van der Waals surface area contributed by atoms with Crippen molar-refractivity contribution in [3.63, 3.8) is 0 Å². The van der Waals surface area contributed by atoms with Crippen LogP contribution in [0.4, 0.5) is 5.69 Å². The number of benzene rings is 1. The highest BCUT2D eigenvalue weighted by atomic mass is 15.0. The molecule has 0 spiro atoms. The Morgan fingerprint density at radius 2 is 2.14 bits per heavy atom. The summed E-state index contributed by atoms with van der Waals surface area (Å²) >= 11 is 0. The number of rotatable bonds is 0. The third-order valence-electron chi connectivity index (χ3n) is 3.45. The van der Waals surface area contributed by atoms with Crippen molar-refractivity contribution < 1.29 is 0 Å². The number of nitrogens with one attached hydrogen (secondary N) is 2. The van der Waals surface area contributed by atoms with Crippen LogP contribution in [0.1, 0.15) is 12.0 Å². The van der Waals surface area contributed by atoms with Crippen molar-refractivity contribution >= 4 is 5.69 Å². The number of hydrogen-bond acceptors (Lipinski definition) is 2. The van der Waals surface area contributed by atoms with Crippen LogP contribution < -0.4 is 10.6 Å². The van der Waals surface area contributed by atoms with Gasteiger partial charge in [-0.15, -0.1) is 0 Å². The quantitative estimate of drug-likeness (QED) is 0.646. The highest BCUT2D eigenvalue weighted by Crippen LogP contribution is 2.30. The van der Waals surface area contributed by atoms with E-state index in [0.717, 1.165) is 12.5 Å². The predicted octanol–water partition coefficient (Wildman–Crippen LogP) is 1.63. The molecule has 0 saturated carbocycles. The third kappa shape index (κ3) is 1.30. The van der Waals surface area contributed by atoms with Crippen LogP contribution in [0.3, 0.4) is 0 Å². The first-order chi connectivity index (χ1) is 6.93. The molecule has 0 aromatic heterocycles. The van der Waals surface area contributed by atoms with Gasteiger partial charge in [-0.1, -0.05) is 18.2 Å². The van der Waals surface area contributed by atoms with E-state index in [0.29, 0.717) is 6.04 Å². The lowest BCUT2D eigenvalue weighted by molar-refractivity contribution is 0.333. The van der Waals surface area contributed by atoms with Gasteiger partial charge in [0.2, 0.25) is 0 Å². The largest absolute Gasteiger partial charge is 0.382 e. The predicted molar refractivity (Wildman–Crippen MR) is 58.5 cm³/mol. The summed E-state index contributed by atoms with van der Waals surface area (Å²) in [5, 5.41) is 7.13. The van der Waals surface area contributed by atoms with Crippen LogP contribution in [-0.2, 0) is 6.42 Å². The summed E-state index contributed by atoms with van der Waals surface area (Å²) < 4.78 is 0. The Morgan fingerprint density at radius 1 is 1.21 bits per heavy atom. The standard InChI is InChI=1S/C12H16N2/c1-2-4-11-9(3-1)7-10-8-13-6-5-12(10)14-11/h1-4,10,12-14H,5-8H2. The first-order valence-corrected chi connectivity index (χ1v) is 5.48. The fourth-order valence-electron chi connectivity index (χ4n) is 2.65. The number of fused-ring (bicyclic) bond motifs is 2. The molecule has 1 fully saturated rings. The van der Waals surface area contributed by atoms with Crippen molar-refractivity contribution in [1.29, 1.82) is 0 Å². The van der Waals surface area contributed by atoms with Gasteiger partial charge >= 0.3 is 0 Å². The van der Waals surface area contributed by atoms with Crippen LogP contribution in [-0.4, -0.2) is 19.1 Å². The number of hydrogen-bond donors (Lipinski definition) is 2. The molecule has 0 radical (unpaired) electrons. The van der Waals surface area contributed by atoms with Crippen molar-refractivity contribution in [2.24, 2.45) is 5.92 Å². The zero-order valence-corrected chi connectivity index (χ0v) is 8.29. The van der Waals surface area contributed by atoms with Crippen molar-refractivity contribution in [3.05, 3.63) is 29.8 Å². The molecule has 0 amide bonds. The molecular formula is C12H16N2. The maximum atomic E-state index is 3.66. The molecule has 2 aliphatic rings. The van der Waals surface area contributed by atoms with Crippen LogP contribution in [0.15, 0.2) is 24.3 Å². The molecule has 2 unspecified atom stereocenters. The summed E-state index contributed by atoms with van der Waals surface area (Å²) in [5.74, 6) is 0.790. The average Bonchev–Trinajstić information content (AvgIpc) is 2.26. The van der Waals surface area contributed by atoms with E-state index in [1.165, 1.54) is 30.6 Å². The highest BCUT2D eigenvalue weighted by Gasteiger charge is 2.29. The molecule has 1 aromatic carbocycles. The molecule has 2 atom stereocenters. The Hall–Kier alpha value is -1.02. The van der Waals surface area contributed by atoms with Gasteiger partial charge in [0, 0.05) is 18.3 Å². The van der Waals surface area contributed by atoms with E-state index in [9.17, 15) is 0 Å². The second-order valence-corrected chi connectivity index (χ2v) is 4.36. The normalized spacial score (nSPS) is 30.0. The summed E-state index contributed by atoms with van der Waals surface area (Å²) in [6, 6.07) is 9.40. The van der Waals surface area contributed by atoms with Gasteiger partial charge in [0.05, 0.1) is 0 Å². The maximum Gasteiger partial charge on any atom is 0.0375 e. The van der Waals surface area contributed by atoms with Gasteiger partial charge in [-0.2, -0.15) is 0 Å². The first kappa shape index (κ1) is 8.30. The molecule has 2 nitrogen and oxygen atoms in total. The summed E-state index contributed by atoms with van der Waals surface area (Å²) in [6.07, 6.45) is 2.50. The molecule has 2 N–H and O–H groups in total. The Bertz CT molecular complexity index is 302. The zero-order chi connectivity index (χ0) is 9.38. The van der Waals surface area contributed by atoms with Gasteiger partial charge in [0.15, 0.2) is 0 Å². The fraction of sp³-hybridized carbons (Fsp3) is 0.500. The second kappa shape index (κ2) is 3.28. The molecule has 14 heavy (non-hydrogen) atoms. The third-order valence-corrected chi connectivity index (χ3v) is 3.45. The second-order valence-electron chi connectivity index (χ2n) is 4.36. The fourth-order valence-corrected chi connectivity index (χ4v) is 2.65. The van der Waals surface area contributed by atoms with E-state index in [2.05, 4.69) is 34.9 Å². The minimum atomic E-state index is 0.700. The van der Waals surface area contributed by atoms with Crippen LogP contribution >= 0.6 is 0 Å². The Balaban J connectivity index is 1.91. The van der Waals surface area contributed by atoms with Crippen LogP contribution in [0.25, 0.3) is 0 Å². The van der Waals surface area contributed by atoms with Gasteiger partial charge in [0.25, 0.3) is 0 Å². The van der Waals surface area contributed by atoms with Crippen molar-refractivity contribution in [3.8, 4) is 0 Å². The smallest absolute Gasteiger partial charge is 0.0375 e. The monoisotopic (exact) mass is 188 g/mol. The van der Waals surface area contributed by atoms with Gasteiger partial charge in [0.1, 0.15) is 0 Å². The lowest BCUT2D eigenvalue weighted by Crippen LogP contribution is -2.47. The number of piperidine rings is 1. The molecular weight excluding hydrogens is 172 g/mol. The van der Waals surface area contributed by atoms with E-state index in [1.807, 2.05) is 0 Å². The van der Waals surface area contributed by atoms with E-state index in [-0.39, 0.29) is 0 Å². The van der Waals surface area contributed by atoms with Crippen molar-refractivity contribution in [2.75, 3.05) is 18.4 Å². The lowest BCUT2D eigenvalue weighted by Gasteiger charge is -2.38. The molecule has 2 heteroatoms. The van der Waals surface area contributed by atoms with Crippen molar-refractivity contribution in [1.82, 2.24) is 5.32 Å². The minimum absolute atomic E-state index is 0.700.